The molecule has 1 atom stereocenters. The van der Waals surface area contributed by atoms with Crippen molar-refractivity contribution in [2.24, 2.45) is 4.99 Å². The number of aliphatic carboxylic acids is 1. The number of esters is 1. The smallest absolute Gasteiger partial charge is 0.341 e. The van der Waals surface area contributed by atoms with Crippen LogP contribution in [0.4, 0.5) is 0 Å². The van der Waals surface area contributed by atoms with Gasteiger partial charge in [0.05, 0.1) is 47.6 Å². The van der Waals surface area contributed by atoms with E-state index in [1.165, 1.54) is 17.9 Å². The average molecular weight is 662 g/mol. The highest BCUT2D eigenvalue weighted by atomic mass is 79.9. The van der Waals surface area contributed by atoms with Crippen LogP contribution >= 0.6 is 27.3 Å². The molecule has 0 amide bonds. The van der Waals surface area contributed by atoms with Crippen molar-refractivity contribution in [2.45, 2.75) is 26.8 Å². The Balaban J connectivity index is 1.86. The molecule has 1 aliphatic heterocycles. The van der Waals surface area contributed by atoms with E-state index in [0.717, 1.165) is 11.3 Å². The number of carbonyl (C=O) groups excluding carboxylic acids is 1. The lowest BCUT2D eigenvalue weighted by Crippen LogP contribution is -2.39. The molecule has 0 saturated heterocycles. The normalized spacial score (nSPS) is 14.4. The predicted octanol–water partition coefficient (Wildman–Crippen LogP) is 3.44. The van der Waals surface area contributed by atoms with Gasteiger partial charge in [0.2, 0.25) is 0 Å². The molecule has 3 aromatic rings. The van der Waals surface area contributed by atoms with E-state index in [2.05, 4.69) is 20.9 Å². The van der Waals surface area contributed by atoms with Gasteiger partial charge in [0.25, 0.3) is 5.56 Å². The number of hydrogen-bond acceptors (Lipinski definition) is 10. The van der Waals surface area contributed by atoms with Crippen LogP contribution in [0, 0.1) is 0 Å². The Morgan fingerprint density at radius 2 is 1.71 bits per heavy atom. The lowest BCUT2D eigenvalue weighted by atomic mass is 9.97. The van der Waals surface area contributed by atoms with Crippen LogP contribution in [0.25, 0.3) is 6.08 Å². The van der Waals surface area contributed by atoms with Gasteiger partial charge in [-0.25, -0.2) is 14.6 Å². The van der Waals surface area contributed by atoms with Crippen LogP contribution in [0.3, 0.4) is 0 Å². The molecule has 0 aliphatic carbocycles. The molecule has 2 aromatic carbocycles. The average Bonchev–Trinajstić information content (AvgIpc) is 3.27. The molecule has 11 nitrogen and oxygen atoms in total. The molecule has 0 bridgehead atoms. The number of thiazole rings is 1. The fourth-order valence-electron chi connectivity index (χ4n) is 4.35. The van der Waals surface area contributed by atoms with E-state index in [0.29, 0.717) is 62.0 Å². The Labute approximate surface area is 253 Å². The van der Waals surface area contributed by atoms with Crippen LogP contribution in [0.5, 0.6) is 23.0 Å². The van der Waals surface area contributed by atoms with Gasteiger partial charge in [-0.05, 0) is 78.2 Å². The first-order chi connectivity index (χ1) is 20.2. The zero-order chi connectivity index (χ0) is 30.4. The summed E-state index contributed by atoms with van der Waals surface area (Å²) in [6.07, 6.45) is 3.08. The molecule has 222 valence electrons. The Kier molecular flexibility index (Phi) is 10.1. The maximum Gasteiger partial charge on any atom is 0.341 e. The molecule has 0 spiro atoms. The number of nitrogens with zero attached hydrogens (tertiary/aromatic N) is 2. The van der Waals surface area contributed by atoms with E-state index in [9.17, 15) is 14.4 Å². The number of ether oxygens (including phenoxy) is 5. The summed E-state index contributed by atoms with van der Waals surface area (Å²) in [5.41, 5.74) is 1.03. The number of methoxy groups -OCH3 is 1. The van der Waals surface area contributed by atoms with Crippen molar-refractivity contribution in [3.63, 3.8) is 0 Å². The predicted molar refractivity (Wildman–Crippen MR) is 158 cm³/mol. The number of carboxylic acids is 1. The van der Waals surface area contributed by atoms with Crippen LogP contribution < -0.4 is 33.8 Å². The fourth-order valence-corrected chi connectivity index (χ4v) is 5.89. The van der Waals surface area contributed by atoms with E-state index in [1.807, 2.05) is 13.8 Å². The molecule has 0 fully saturated rings. The van der Waals surface area contributed by atoms with E-state index in [4.69, 9.17) is 28.8 Å². The minimum Gasteiger partial charge on any atom is -0.490 e. The van der Waals surface area contributed by atoms with Crippen LogP contribution in [0.2, 0.25) is 0 Å². The van der Waals surface area contributed by atoms with Crippen molar-refractivity contribution in [1.82, 2.24) is 4.57 Å². The molecule has 4 rings (SSSR count). The Hall–Kier alpha value is -4.10. The van der Waals surface area contributed by atoms with Gasteiger partial charge in [0, 0.05) is 6.20 Å². The van der Waals surface area contributed by atoms with Crippen molar-refractivity contribution in [3.05, 3.63) is 77.4 Å². The second-order valence-corrected chi connectivity index (χ2v) is 10.6. The molecular formula is C29H29BrN2O9S. The van der Waals surface area contributed by atoms with Crippen molar-refractivity contribution in [2.75, 3.05) is 33.5 Å². The maximum absolute atomic E-state index is 13.9. The van der Waals surface area contributed by atoms with Crippen LogP contribution in [-0.4, -0.2) is 55.1 Å². The number of benzene rings is 2. The highest BCUT2D eigenvalue weighted by Gasteiger charge is 2.31. The lowest BCUT2D eigenvalue weighted by Gasteiger charge is -2.23. The summed E-state index contributed by atoms with van der Waals surface area (Å²) >= 11 is 4.57. The van der Waals surface area contributed by atoms with E-state index < -0.39 is 24.6 Å². The third-order valence-electron chi connectivity index (χ3n) is 5.98. The Morgan fingerprint density at radius 3 is 2.38 bits per heavy atom. The van der Waals surface area contributed by atoms with Gasteiger partial charge in [-0.2, -0.15) is 0 Å². The second kappa shape index (κ2) is 13.7. The van der Waals surface area contributed by atoms with Crippen LogP contribution in [-0.2, 0) is 14.3 Å². The molecule has 0 radical (unpaired) electrons. The van der Waals surface area contributed by atoms with Crippen molar-refractivity contribution in [1.29, 1.82) is 0 Å². The summed E-state index contributed by atoms with van der Waals surface area (Å²) in [6.45, 7) is 6.11. The van der Waals surface area contributed by atoms with E-state index in [-0.39, 0.29) is 16.9 Å². The molecule has 2 heterocycles. The zero-order valence-corrected chi connectivity index (χ0v) is 25.7. The SMILES string of the molecule is CCOc1ccc([C@H]2C(C(=O)OC)=CN=c3s/c(=C\c4cc(Br)c(OCC(=O)O)c(OCC)c4)c(=O)n32)cc1OCC. The van der Waals surface area contributed by atoms with Gasteiger partial charge in [0.15, 0.2) is 34.4 Å². The minimum absolute atomic E-state index is 0.185. The first kappa shape index (κ1) is 30.8. The van der Waals surface area contributed by atoms with Gasteiger partial charge in [-0.15, -0.1) is 0 Å². The molecule has 1 N–H and O–H groups in total. The van der Waals surface area contributed by atoms with E-state index >= 15 is 0 Å². The quantitative estimate of drug-likeness (QED) is 0.290. The third-order valence-corrected chi connectivity index (χ3v) is 7.56. The number of rotatable bonds is 12. The molecule has 0 unspecified atom stereocenters. The summed E-state index contributed by atoms with van der Waals surface area (Å²) in [4.78, 5) is 42.5. The number of fused-ring (bicyclic) bond motifs is 1. The monoisotopic (exact) mass is 660 g/mol. The summed E-state index contributed by atoms with van der Waals surface area (Å²) in [7, 11) is 1.27. The summed E-state index contributed by atoms with van der Waals surface area (Å²) in [6, 6.07) is 7.79. The molecule has 1 aliphatic rings. The van der Waals surface area contributed by atoms with Crippen LogP contribution in [0.1, 0.15) is 37.9 Å². The topological polar surface area (TPSA) is 135 Å². The maximum atomic E-state index is 13.9. The van der Waals surface area contributed by atoms with Crippen LogP contribution in [0.15, 0.2) is 56.4 Å². The summed E-state index contributed by atoms with van der Waals surface area (Å²) in [5.74, 6) is -0.162. The molecule has 13 heteroatoms. The summed E-state index contributed by atoms with van der Waals surface area (Å²) < 4.78 is 29.8. The highest BCUT2D eigenvalue weighted by Crippen LogP contribution is 2.38. The first-order valence-corrected chi connectivity index (χ1v) is 14.6. The first-order valence-electron chi connectivity index (χ1n) is 13.0. The minimum atomic E-state index is -1.13. The van der Waals surface area contributed by atoms with Gasteiger partial charge in [-0.3, -0.25) is 9.36 Å². The molecule has 42 heavy (non-hydrogen) atoms. The Bertz CT molecular complexity index is 1710. The van der Waals surface area contributed by atoms with Gasteiger partial charge in [0.1, 0.15) is 0 Å². The van der Waals surface area contributed by atoms with Gasteiger partial charge >= 0.3 is 11.9 Å². The van der Waals surface area contributed by atoms with E-state index in [1.54, 1.807) is 43.3 Å². The largest absolute Gasteiger partial charge is 0.490 e. The number of carboxylic acid groups (broad SMARTS) is 1. The van der Waals surface area contributed by atoms with Gasteiger partial charge < -0.3 is 28.8 Å². The summed E-state index contributed by atoms with van der Waals surface area (Å²) in [5, 5.41) is 9.02. The number of aromatic nitrogens is 1. The number of halogens is 1. The van der Waals surface area contributed by atoms with Gasteiger partial charge in [-0.1, -0.05) is 17.4 Å². The molecular weight excluding hydrogens is 632 g/mol. The zero-order valence-electron chi connectivity index (χ0n) is 23.3. The molecule has 1 aromatic heterocycles. The number of carbonyl (C=O) groups is 2. The Morgan fingerprint density at radius 1 is 1.02 bits per heavy atom. The fraction of sp³-hybridized carbons (Fsp3) is 0.310. The molecule has 0 saturated carbocycles. The standard InChI is InChI=1S/C29H29BrN2O9S/c1-5-38-20-9-8-17(13-21(20)39-6-2)25-18(28(36)37-4)14-31-29-32(25)27(35)23(42-29)12-16-10-19(30)26(41-15-24(33)34)22(11-16)40-7-3/h8-14,25H,5-7,15H2,1-4H3,(H,33,34)/b23-12-/t25-/m0/s1. The highest BCUT2D eigenvalue weighted by molar-refractivity contribution is 9.10. The van der Waals surface area contributed by atoms with Crippen molar-refractivity contribution >= 4 is 45.3 Å². The van der Waals surface area contributed by atoms with Crippen molar-refractivity contribution in [3.8, 4) is 23.0 Å². The van der Waals surface area contributed by atoms with Crippen molar-refractivity contribution < 1.29 is 38.4 Å². The lowest BCUT2D eigenvalue weighted by molar-refractivity contribution is -0.139. The third kappa shape index (κ3) is 6.52. The second-order valence-electron chi connectivity index (χ2n) is 8.69. The number of hydrogen-bond donors (Lipinski definition) is 1.